The first-order valence-corrected chi connectivity index (χ1v) is 10.4. The molecule has 6 nitrogen and oxygen atoms in total. The molecule has 1 aromatic carbocycles. The Bertz CT molecular complexity index is 1410. The molecule has 0 unspecified atom stereocenters. The molecule has 1 aliphatic carbocycles. The molecule has 1 aliphatic heterocycles. The van der Waals surface area contributed by atoms with Crippen LogP contribution in [0.4, 0.5) is 29.1 Å². The van der Waals surface area contributed by atoms with E-state index in [1.807, 2.05) is 11.0 Å². The smallest absolute Gasteiger partial charge is 0.325 e. The van der Waals surface area contributed by atoms with Crippen LogP contribution in [0.2, 0.25) is 0 Å². The molecular formula is C23H18F4N6. The zero-order chi connectivity index (χ0) is 23.4. The molecule has 0 radical (unpaired) electrons. The monoisotopic (exact) mass is 454 g/mol. The number of rotatable bonds is 2. The molecule has 0 amide bonds. The molecule has 3 heterocycles. The Morgan fingerprint density at radius 1 is 1.21 bits per heavy atom. The molecule has 168 valence electrons. The van der Waals surface area contributed by atoms with E-state index in [2.05, 4.69) is 21.8 Å². The lowest BCUT2D eigenvalue weighted by Crippen LogP contribution is -2.31. The maximum absolute atomic E-state index is 14.1. The molecule has 1 fully saturated rings. The average molecular weight is 454 g/mol. The minimum Gasteiger partial charge on any atom is -0.325 e. The van der Waals surface area contributed by atoms with Crippen molar-refractivity contribution in [3.63, 3.8) is 0 Å². The molecule has 33 heavy (non-hydrogen) atoms. The van der Waals surface area contributed by atoms with Crippen molar-refractivity contribution in [1.29, 1.82) is 10.8 Å². The molecule has 0 atom stereocenters. The van der Waals surface area contributed by atoms with Gasteiger partial charge in [0, 0.05) is 17.8 Å². The number of fused-ring (bicyclic) bond motifs is 2. The lowest BCUT2D eigenvalue weighted by molar-refractivity contribution is -0.168. The third kappa shape index (κ3) is 3.44. The SMILES string of the molecule is N=Cn1c(=N)nc(N2CCCc3c(C#CC4(C(F)(F)F)CC4)cccc32)c2cc(F)cnc21. The molecule has 2 aliphatic rings. The maximum atomic E-state index is 14.1. The van der Waals surface area contributed by atoms with Gasteiger partial charge in [0.1, 0.15) is 17.1 Å². The van der Waals surface area contributed by atoms with E-state index in [4.69, 9.17) is 10.8 Å². The summed E-state index contributed by atoms with van der Waals surface area (Å²) in [6.45, 7) is 0.517. The number of pyridine rings is 1. The van der Waals surface area contributed by atoms with E-state index < -0.39 is 17.4 Å². The molecule has 1 saturated carbocycles. The van der Waals surface area contributed by atoms with Gasteiger partial charge in [-0.25, -0.2) is 9.37 Å². The lowest BCUT2D eigenvalue weighted by atomic mass is 9.95. The summed E-state index contributed by atoms with van der Waals surface area (Å²) in [6, 6.07) is 6.50. The summed E-state index contributed by atoms with van der Waals surface area (Å²) < 4.78 is 55.1. The summed E-state index contributed by atoms with van der Waals surface area (Å²) in [6.07, 6.45) is -1.11. The van der Waals surface area contributed by atoms with Gasteiger partial charge in [0.25, 0.3) is 0 Å². The Balaban J connectivity index is 1.65. The van der Waals surface area contributed by atoms with Gasteiger partial charge in [-0.3, -0.25) is 15.4 Å². The minimum absolute atomic E-state index is 0.0163. The highest BCUT2D eigenvalue weighted by Gasteiger charge is 2.62. The first kappa shape index (κ1) is 21.1. The molecule has 5 rings (SSSR count). The Kier molecular flexibility index (Phi) is 4.74. The van der Waals surface area contributed by atoms with Gasteiger partial charge in [-0.1, -0.05) is 17.9 Å². The van der Waals surface area contributed by atoms with Gasteiger partial charge in [-0.15, -0.1) is 0 Å². The van der Waals surface area contributed by atoms with Crippen LogP contribution in [-0.2, 0) is 6.42 Å². The second-order valence-corrected chi connectivity index (χ2v) is 8.17. The molecule has 2 aromatic heterocycles. The number of anilines is 2. The van der Waals surface area contributed by atoms with Crippen LogP contribution in [0, 0.1) is 33.9 Å². The van der Waals surface area contributed by atoms with Crippen molar-refractivity contribution in [3.8, 4) is 11.8 Å². The number of hydrogen-bond donors (Lipinski definition) is 2. The minimum atomic E-state index is -4.35. The van der Waals surface area contributed by atoms with E-state index in [0.717, 1.165) is 22.7 Å². The Labute approximate surface area is 185 Å². The van der Waals surface area contributed by atoms with Crippen LogP contribution in [-0.4, -0.2) is 33.6 Å². The van der Waals surface area contributed by atoms with E-state index in [1.54, 1.807) is 12.1 Å². The number of nitrogens with zero attached hydrogens (tertiary/aromatic N) is 4. The first-order chi connectivity index (χ1) is 15.7. The van der Waals surface area contributed by atoms with Crippen molar-refractivity contribution in [3.05, 3.63) is 53.0 Å². The van der Waals surface area contributed by atoms with Gasteiger partial charge in [-0.05, 0) is 49.4 Å². The van der Waals surface area contributed by atoms with E-state index in [1.165, 1.54) is 6.07 Å². The summed E-state index contributed by atoms with van der Waals surface area (Å²) in [5.74, 6) is 4.96. The number of nitrogens with one attached hydrogen (secondary N) is 2. The largest absolute Gasteiger partial charge is 0.405 e. The Hall–Kier alpha value is -3.74. The van der Waals surface area contributed by atoms with Gasteiger partial charge in [-0.2, -0.15) is 18.2 Å². The van der Waals surface area contributed by atoms with Crippen LogP contribution in [0.1, 0.15) is 30.4 Å². The molecule has 2 N–H and O–H groups in total. The van der Waals surface area contributed by atoms with Gasteiger partial charge in [0.05, 0.1) is 17.9 Å². The molecule has 10 heteroatoms. The second kappa shape index (κ2) is 7.40. The highest BCUT2D eigenvalue weighted by Crippen LogP contribution is 2.57. The van der Waals surface area contributed by atoms with Crippen LogP contribution in [0.15, 0.2) is 30.5 Å². The predicted octanol–water partition coefficient (Wildman–Crippen LogP) is 4.28. The van der Waals surface area contributed by atoms with E-state index in [-0.39, 0.29) is 24.1 Å². The standard InChI is InChI=1S/C23H18F4N6/c24-15-11-17-19(30-12-15)33(13-28)21(29)31-20(17)32-10-2-4-16-14(3-1-5-18(16)32)6-7-22(8-9-22)23(25,26)27/h1,3,5,11-13,28-29H,2,4,8-10H2. The highest BCUT2D eigenvalue weighted by atomic mass is 19.4. The van der Waals surface area contributed by atoms with Gasteiger partial charge < -0.3 is 4.90 Å². The zero-order valence-corrected chi connectivity index (χ0v) is 17.3. The van der Waals surface area contributed by atoms with Crippen molar-refractivity contribution in [2.75, 3.05) is 11.4 Å². The molecule has 0 spiro atoms. The van der Waals surface area contributed by atoms with E-state index in [9.17, 15) is 17.6 Å². The number of alkyl halides is 3. The van der Waals surface area contributed by atoms with E-state index in [0.29, 0.717) is 41.8 Å². The summed E-state index contributed by atoms with van der Waals surface area (Å²) in [7, 11) is 0. The van der Waals surface area contributed by atoms with Crippen molar-refractivity contribution in [2.24, 2.45) is 5.41 Å². The van der Waals surface area contributed by atoms with Crippen LogP contribution in [0.3, 0.4) is 0 Å². The topological polar surface area (TPSA) is 81.7 Å². The van der Waals surface area contributed by atoms with Gasteiger partial charge >= 0.3 is 6.18 Å². The van der Waals surface area contributed by atoms with Crippen molar-refractivity contribution < 1.29 is 17.6 Å². The predicted molar refractivity (Wildman–Crippen MR) is 114 cm³/mol. The average Bonchev–Trinajstić information content (AvgIpc) is 3.58. The van der Waals surface area contributed by atoms with Gasteiger partial charge in [0.15, 0.2) is 5.65 Å². The summed E-state index contributed by atoms with van der Waals surface area (Å²) in [5, 5.41) is 16.1. The van der Waals surface area contributed by atoms with Gasteiger partial charge in [0.2, 0.25) is 5.62 Å². The fraction of sp³-hybridized carbons (Fsp3) is 0.304. The maximum Gasteiger partial charge on any atom is 0.405 e. The molecule has 0 saturated heterocycles. The normalized spacial score (nSPS) is 16.7. The third-order valence-corrected chi connectivity index (χ3v) is 6.11. The zero-order valence-electron chi connectivity index (χ0n) is 17.3. The Morgan fingerprint density at radius 3 is 2.70 bits per heavy atom. The van der Waals surface area contributed by atoms with Crippen LogP contribution >= 0.6 is 0 Å². The van der Waals surface area contributed by atoms with Crippen LogP contribution in [0.25, 0.3) is 11.0 Å². The molecule has 3 aromatic rings. The number of halogens is 4. The first-order valence-electron chi connectivity index (χ1n) is 10.4. The van der Waals surface area contributed by atoms with Crippen molar-refractivity contribution in [1.82, 2.24) is 14.5 Å². The van der Waals surface area contributed by atoms with E-state index >= 15 is 0 Å². The van der Waals surface area contributed by atoms with Crippen LogP contribution in [0.5, 0.6) is 0 Å². The molecule has 0 bridgehead atoms. The van der Waals surface area contributed by atoms with Crippen molar-refractivity contribution >= 4 is 28.9 Å². The molecular weight excluding hydrogens is 436 g/mol. The number of benzene rings is 1. The van der Waals surface area contributed by atoms with Crippen LogP contribution < -0.4 is 10.5 Å². The summed E-state index contributed by atoms with van der Waals surface area (Å²) >= 11 is 0. The highest BCUT2D eigenvalue weighted by molar-refractivity contribution is 5.92. The fourth-order valence-corrected chi connectivity index (χ4v) is 4.18. The summed E-state index contributed by atoms with van der Waals surface area (Å²) in [4.78, 5) is 10.2. The van der Waals surface area contributed by atoms with Crippen molar-refractivity contribution in [2.45, 2.75) is 31.9 Å². The third-order valence-electron chi connectivity index (χ3n) is 6.11. The number of aromatic nitrogens is 3. The lowest BCUT2D eigenvalue weighted by Gasteiger charge is -2.32. The quantitative estimate of drug-likeness (QED) is 0.262. The fourth-order valence-electron chi connectivity index (χ4n) is 4.18. The second-order valence-electron chi connectivity index (χ2n) is 8.17. The summed E-state index contributed by atoms with van der Waals surface area (Å²) in [5.41, 5.74) is 0.0860. The Morgan fingerprint density at radius 2 is 2.00 bits per heavy atom. The number of hydrogen-bond acceptors (Lipinski definition) is 5.